The predicted octanol–water partition coefficient (Wildman–Crippen LogP) is 5.11. The molecule has 0 spiro atoms. The number of halogens is 1. The summed E-state index contributed by atoms with van der Waals surface area (Å²) in [6, 6.07) is 6.29. The van der Waals surface area contributed by atoms with E-state index in [1.807, 2.05) is 12.3 Å². The summed E-state index contributed by atoms with van der Waals surface area (Å²) in [5, 5.41) is 9.73. The van der Waals surface area contributed by atoms with Gasteiger partial charge in [-0.3, -0.25) is 9.59 Å². The fourth-order valence-electron chi connectivity index (χ4n) is 4.27. The Labute approximate surface area is 166 Å². The van der Waals surface area contributed by atoms with Crippen LogP contribution in [0.1, 0.15) is 69.9 Å². The third kappa shape index (κ3) is 3.91. The molecule has 1 aromatic rings. The normalized spacial score (nSPS) is 23.4. The first-order chi connectivity index (χ1) is 12.7. The summed E-state index contributed by atoms with van der Waals surface area (Å²) in [7, 11) is 0. The van der Waals surface area contributed by atoms with Gasteiger partial charge in [0.15, 0.2) is 0 Å². The highest BCUT2D eigenvalue weighted by Gasteiger charge is 2.40. The molecule has 0 saturated heterocycles. The summed E-state index contributed by atoms with van der Waals surface area (Å²) in [6.45, 7) is 6.53. The van der Waals surface area contributed by atoms with Gasteiger partial charge >= 0.3 is 5.97 Å². The van der Waals surface area contributed by atoms with Crippen molar-refractivity contribution in [3.05, 3.63) is 46.1 Å². The fraction of sp³-hybridized carbons (Fsp3) is 0.545. The number of aliphatic carboxylic acids is 1. The maximum Gasteiger partial charge on any atom is 0.305 e. The number of amides is 1. The van der Waals surface area contributed by atoms with Crippen LogP contribution >= 0.6 is 11.6 Å². The van der Waals surface area contributed by atoms with Gasteiger partial charge in [-0.15, -0.1) is 0 Å². The number of carboxylic acids is 1. The summed E-state index contributed by atoms with van der Waals surface area (Å²) in [4.78, 5) is 25.2. The predicted molar refractivity (Wildman–Crippen MR) is 107 cm³/mol. The largest absolute Gasteiger partial charge is 0.481 e. The summed E-state index contributed by atoms with van der Waals surface area (Å²) < 4.78 is 0. The number of allylic oxidation sites excluding steroid dienone is 1. The van der Waals surface area contributed by atoms with Crippen molar-refractivity contribution in [1.82, 2.24) is 4.90 Å². The number of carbonyl (C=O) groups is 2. The zero-order valence-electron chi connectivity index (χ0n) is 16.3. The maximum atomic E-state index is 12.7. The van der Waals surface area contributed by atoms with Crippen molar-refractivity contribution in [2.24, 2.45) is 5.92 Å². The molecule has 1 aromatic carbocycles. The standard InChI is InChI=1S/C22H28ClNO3/c1-14(2)18-13-24(10-9-21(26)27)20(25)12-22(18,3)16-7-8-17(19(23)11-16)15-5-4-6-15/h7-8,11,13-15H,4-6,9-10,12H2,1-3H3,(H,26,27)/t22-/m1/s1. The Morgan fingerprint density at radius 3 is 2.59 bits per heavy atom. The molecule has 1 N–H and O–H groups in total. The van der Waals surface area contributed by atoms with Gasteiger partial charge in [0.1, 0.15) is 0 Å². The van der Waals surface area contributed by atoms with Gasteiger partial charge in [-0.1, -0.05) is 50.9 Å². The minimum absolute atomic E-state index is 0.0395. The van der Waals surface area contributed by atoms with Gasteiger partial charge < -0.3 is 10.0 Å². The van der Waals surface area contributed by atoms with E-state index < -0.39 is 11.4 Å². The topological polar surface area (TPSA) is 57.6 Å². The number of nitrogens with zero attached hydrogens (tertiary/aromatic N) is 1. The zero-order chi connectivity index (χ0) is 19.8. The molecule has 1 amide bonds. The molecule has 3 rings (SSSR count). The third-order valence-corrected chi connectivity index (χ3v) is 6.46. The molecule has 0 unspecified atom stereocenters. The van der Waals surface area contributed by atoms with Gasteiger partial charge in [0.05, 0.1) is 6.42 Å². The lowest BCUT2D eigenvalue weighted by Crippen LogP contribution is -2.42. The number of hydrogen-bond donors (Lipinski definition) is 1. The fourth-order valence-corrected chi connectivity index (χ4v) is 4.60. The molecule has 146 valence electrons. The molecule has 0 radical (unpaired) electrons. The number of carbonyl (C=O) groups excluding carboxylic acids is 1. The van der Waals surface area contributed by atoms with Gasteiger partial charge in [-0.05, 0) is 47.4 Å². The lowest BCUT2D eigenvalue weighted by molar-refractivity contribution is -0.138. The van der Waals surface area contributed by atoms with Crippen LogP contribution in [0.15, 0.2) is 30.0 Å². The average molecular weight is 390 g/mol. The molecule has 5 heteroatoms. The van der Waals surface area contributed by atoms with E-state index in [2.05, 4.69) is 32.9 Å². The second kappa shape index (κ2) is 7.67. The average Bonchev–Trinajstić information content (AvgIpc) is 2.53. The van der Waals surface area contributed by atoms with Crippen LogP contribution < -0.4 is 0 Å². The van der Waals surface area contributed by atoms with Crippen LogP contribution in [0, 0.1) is 5.92 Å². The first kappa shape index (κ1) is 19.9. The molecular formula is C22H28ClNO3. The molecule has 4 nitrogen and oxygen atoms in total. The van der Waals surface area contributed by atoms with Gasteiger partial charge in [-0.25, -0.2) is 0 Å². The Morgan fingerprint density at radius 2 is 2.07 bits per heavy atom. The Hall–Kier alpha value is -1.81. The summed E-state index contributed by atoms with van der Waals surface area (Å²) in [6.07, 6.45) is 5.81. The van der Waals surface area contributed by atoms with Crippen molar-refractivity contribution < 1.29 is 14.7 Å². The first-order valence-electron chi connectivity index (χ1n) is 9.75. The van der Waals surface area contributed by atoms with E-state index in [0.29, 0.717) is 12.3 Å². The van der Waals surface area contributed by atoms with E-state index in [1.165, 1.54) is 24.8 Å². The minimum Gasteiger partial charge on any atom is -0.481 e. The molecule has 1 saturated carbocycles. The molecule has 27 heavy (non-hydrogen) atoms. The summed E-state index contributed by atoms with van der Waals surface area (Å²) in [5.41, 5.74) is 2.99. The smallest absolute Gasteiger partial charge is 0.305 e. The van der Waals surface area contributed by atoms with E-state index in [-0.39, 0.29) is 24.8 Å². The molecular weight excluding hydrogens is 362 g/mol. The van der Waals surface area contributed by atoms with Crippen LogP contribution in [0.5, 0.6) is 0 Å². The van der Waals surface area contributed by atoms with E-state index in [4.69, 9.17) is 16.7 Å². The summed E-state index contributed by atoms with van der Waals surface area (Å²) in [5.74, 6) is -0.129. The van der Waals surface area contributed by atoms with E-state index in [0.717, 1.165) is 16.2 Å². The molecule has 1 aliphatic carbocycles. The number of carboxylic acid groups (broad SMARTS) is 1. The SMILES string of the molecule is CC(C)C1=CN(CCC(=O)O)C(=O)C[C@]1(C)c1ccc(C2CCC2)c(Cl)c1. The van der Waals surface area contributed by atoms with Crippen molar-refractivity contribution in [2.75, 3.05) is 6.54 Å². The van der Waals surface area contributed by atoms with Crippen LogP contribution in [0.4, 0.5) is 0 Å². The van der Waals surface area contributed by atoms with Crippen molar-refractivity contribution in [1.29, 1.82) is 0 Å². The van der Waals surface area contributed by atoms with Gasteiger partial charge in [0.25, 0.3) is 0 Å². The molecule has 0 bridgehead atoms. The highest BCUT2D eigenvalue weighted by molar-refractivity contribution is 6.31. The lowest BCUT2D eigenvalue weighted by Gasteiger charge is -2.41. The number of hydrogen-bond acceptors (Lipinski definition) is 2. The van der Waals surface area contributed by atoms with Crippen LogP contribution in [0.2, 0.25) is 5.02 Å². The van der Waals surface area contributed by atoms with E-state index in [1.54, 1.807) is 4.90 Å². The molecule has 1 atom stereocenters. The Bertz CT molecular complexity index is 782. The molecule has 2 aliphatic rings. The molecule has 0 aromatic heterocycles. The second-order valence-electron chi connectivity index (χ2n) is 8.34. The van der Waals surface area contributed by atoms with Crippen molar-refractivity contribution in [3.63, 3.8) is 0 Å². The van der Waals surface area contributed by atoms with Gasteiger partial charge in [-0.2, -0.15) is 0 Å². The quantitative estimate of drug-likeness (QED) is 0.735. The second-order valence-corrected chi connectivity index (χ2v) is 8.75. The van der Waals surface area contributed by atoms with Crippen molar-refractivity contribution >= 4 is 23.5 Å². The zero-order valence-corrected chi connectivity index (χ0v) is 17.1. The highest BCUT2D eigenvalue weighted by Crippen LogP contribution is 2.45. The van der Waals surface area contributed by atoms with Crippen LogP contribution in [-0.4, -0.2) is 28.4 Å². The van der Waals surface area contributed by atoms with Crippen molar-refractivity contribution in [2.45, 2.75) is 64.2 Å². The minimum atomic E-state index is -0.894. The highest BCUT2D eigenvalue weighted by atomic mass is 35.5. The molecule has 1 aliphatic heterocycles. The van der Waals surface area contributed by atoms with Crippen LogP contribution in [0.3, 0.4) is 0 Å². The first-order valence-corrected chi connectivity index (χ1v) is 10.1. The number of rotatable bonds is 6. The summed E-state index contributed by atoms with van der Waals surface area (Å²) >= 11 is 6.61. The van der Waals surface area contributed by atoms with Crippen LogP contribution in [0.25, 0.3) is 0 Å². The third-order valence-electron chi connectivity index (χ3n) is 6.13. The maximum absolute atomic E-state index is 12.7. The Morgan fingerprint density at radius 1 is 1.37 bits per heavy atom. The lowest BCUT2D eigenvalue weighted by atomic mass is 9.67. The van der Waals surface area contributed by atoms with Gasteiger partial charge in [0, 0.05) is 29.6 Å². The Balaban J connectivity index is 1.94. The van der Waals surface area contributed by atoms with Crippen molar-refractivity contribution in [3.8, 4) is 0 Å². The monoisotopic (exact) mass is 389 g/mol. The van der Waals surface area contributed by atoms with E-state index >= 15 is 0 Å². The van der Waals surface area contributed by atoms with Gasteiger partial charge in [0.2, 0.25) is 5.91 Å². The number of benzene rings is 1. The Kier molecular flexibility index (Phi) is 5.66. The van der Waals surface area contributed by atoms with E-state index in [9.17, 15) is 9.59 Å². The van der Waals surface area contributed by atoms with Crippen LogP contribution in [-0.2, 0) is 15.0 Å². The molecule has 1 fully saturated rings. The molecule has 1 heterocycles.